The third-order valence-corrected chi connectivity index (χ3v) is 1.75. The van der Waals surface area contributed by atoms with Crippen molar-refractivity contribution < 1.29 is 13.2 Å². The molecule has 0 radical (unpaired) electrons. The first-order chi connectivity index (χ1) is 6.50. The Bertz CT molecular complexity index is 304. The molecule has 0 fully saturated rings. The molecule has 0 aliphatic rings. The first-order valence-corrected chi connectivity index (χ1v) is 4.20. The number of nitrogens with zero attached hydrogens (tertiary/aromatic N) is 3. The van der Waals surface area contributed by atoms with E-state index in [0.29, 0.717) is 0 Å². The predicted molar refractivity (Wildman–Crippen MR) is 43.5 cm³/mol. The Kier molecular flexibility index (Phi) is 3.10. The Morgan fingerprint density at radius 1 is 1.43 bits per heavy atom. The van der Waals surface area contributed by atoms with Crippen LogP contribution in [0.1, 0.15) is 18.3 Å². The van der Waals surface area contributed by atoms with Gasteiger partial charge >= 0.3 is 6.18 Å². The topological polar surface area (TPSA) is 56.7 Å². The minimum Gasteiger partial charge on any atom is -0.330 e. The highest BCUT2D eigenvalue weighted by molar-refractivity contribution is 5.14. The molecular formula is C7H11F3N4. The van der Waals surface area contributed by atoms with Crippen molar-refractivity contribution in [2.45, 2.75) is 26.1 Å². The maximum absolute atomic E-state index is 12.5. The molecule has 7 heteroatoms. The van der Waals surface area contributed by atoms with Crippen LogP contribution in [0.2, 0.25) is 0 Å². The zero-order valence-corrected chi connectivity index (χ0v) is 7.67. The second-order valence-corrected chi connectivity index (χ2v) is 2.74. The Morgan fingerprint density at radius 2 is 2.07 bits per heavy atom. The normalized spacial score (nSPS) is 12.1. The number of rotatable bonds is 3. The van der Waals surface area contributed by atoms with Gasteiger partial charge in [0.15, 0.2) is 5.69 Å². The molecule has 1 rings (SSSR count). The lowest BCUT2D eigenvalue weighted by atomic mass is 10.2. The quantitative estimate of drug-likeness (QED) is 0.800. The van der Waals surface area contributed by atoms with Gasteiger partial charge in [-0.3, -0.25) is 0 Å². The lowest BCUT2D eigenvalue weighted by molar-refractivity contribution is -0.144. The van der Waals surface area contributed by atoms with Gasteiger partial charge < -0.3 is 5.73 Å². The van der Waals surface area contributed by atoms with Crippen molar-refractivity contribution in [3.63, 3.8) is 0 Å². The summed E-state index contributed by atoms with van der Waals surface area (Å²) in [6.45, 7) is 1.86. The van der Waals surface area contributed by atoms with Gasteiger partial charge in [-0.1, -0.05) is 5.21 Å². The van der Waals surface area contributed by atoms with Gasteiger partial charge in [0.05, 0.1) is 5.69 Å². The standard InChI is InChI=1S/C7H11F3N4/c1-2-14-6(7(8,9)10)5(3-4-11)12-13-14/h2-4,11H2,1H3. The summed E-state index contributed by atoms with van der Waals surface area (Å²) in [7, 11) is 0. The van der Waals surface area contributed by atoms with Crippen molar-refractivity contribution in [3.8, 4) is 0 Å². The molecule has 0 aliphatic heterocycles. The molecule has 0 spiro atoms. The number of hydrogen-bond acceptors (Lipinski definition) is 3. The van der Waals surface area contributed by atoms with Crippen LogP contribution in [0.25, 0.3) is 0 Å². The van der Waals surface area contributed by atoms with E-state index in [9.17, 15) is 13.2 Å². The van der Waals surface area contributed by atoms with Gasteiger partial charge in [0, 0.05) is 13.0 Å². The van der Waals surface area contributed by atoms with E-state index in [0.717, 1.165) is 4.68 Å². The lowest BCUT2D eigenvalue weighted by Gasteiger charge is -2.08. The molecule has 2 N–H and O–H groups in total. The number of aryl methyl sites for hydroxylation is 1. The summed E-state index contributed by atoms with van der Waals surface area (Å²) < 4.78 is 38.4. The van der Waals surface area contributed by atoms with Crippen LogP contribution in [-0.2, 0) is 19.1 Å². The van der Waals surface area contributed by atoms with Crippen molar-refractivity contribution >= 4 is 0 Å². The molecule has 0 bridgehead atoms. The van der Waals surface area contributed by atoms with E-state index in [-0.39, 0.29) is 25.2 Å². The van der Waals surface area contributed by atoms with Crippen molar-refractivity contribution in [1.82, 2.24) is 15.0 Å². The molecule has 80 valence electrons. The van der Waals surface area contributed by atoms with Crippen molar-refractivity contribution in [1.29, 1.82) is 0 Å². The monoisotopic (exact) mass is 208 g/mol. The molecule has 4 nitrogen and oxygen atoms in total. The third kappa shape index (κ3) is 2.03. The van der Waals surface area contributed by atoms with E-state index in [2.05, 4.69) is 10.3 Å². The van der Waals surface area contributed by atoms with E-state index in [1.54, 1.807) is 6.92 Å². The highest BCUT2D eigenvalue weighted by Gasteiger charge is 2.38. The van der Waals surface area contributed by atoms with Gasteiger partial charge in [0.25, 0.3) is 0 Å². The average Bonchev–Trinajstić information content (AvgIpc) is 2.47. The van der Waals surface area contributed by atoms with E-state index in [1.165, 1.54) is 0 Å². The van der Waals surface area contributed by atoms with Crippen LogP contribution in [0.4, 0.5) is 13.2 Å². The van der Waals surface area contributed by atoms with Gasteiger partial charge in [-0.25, -0.2) is 4.68 Å². The number of aromatic nitrogens is 3. The highest BCUT2D eigenvalue weighted by Crippen LogP contribution is 2.31. The molecule has 0 atom stereocenters. The molecule has 0 amide bonds. The molecule has 0 saturated carbocycles. The van der Waals surface area contributed by atoms with Crippen molar-refractivity contribution in [2.24, 2.45) is 5.73 Å². The first-order valence-electron chi connectivity index (χ1n) is 4.20. The predicted octanol–water partition coefficient (Wildman–Crippen LogP) is 0.818. The van der Waals surface area contributed by atoms with E-state index in [4.69, 9.17) is 5.73 Å². The average molecular weight is 208 g/mol. The Morgan fingerprint density at radius 3 is 2.50 bits per heavy atom. The fourth-order valence-corrected chi connectivity index (χ4v) is 1.19. The summed E-state index contributed by atoms with van der Waals surface area (Å²) in [6, 6.07) is 0. The third-order valence-electron chi connectivity index (χ3n) is 1.75. The van der Waals surface area contributed by atoms with E-state index >= 15 is 0 Å². The molecule has 0 unspecified atom stereocenters. The minimum absolute atomic E-state index is 0.0816. The Hall–Kier alpha value is -1.11. The van der Waals surface area contributed by atoms with Crippen molar-refractivity contribution in [2.75, 3.05) is 6.54 Å². The lowest BCUT2D eigenvalue weighted by Crippen LogP contribution is -2.17. The van der Waals surface area contributed by atoms with Crippen LogP contribution >= 0.6 is 0 Å². The number of nitrogens with two attached hydrogens (primary N) is 1. The zero-order valence-electron chi connectivity index (χ0n) is 7.67. The highest BCUT2D eigenvalue weighted by atomic mass is 19.4. The molecule has 1 aromatic heterocycles. The van der Waals surface area contributed by atoms with E-state index < -0.39 is 11.9 Å². The van der Waals surface area contributed by atoms with Crippen LogP contribution in [0.15, 0.2) is 0 Å². The Labute approximate surface area is 78.9 Å². The van der Waals surface area contributed by atoms with Crippen LogP contribution in [0, 0.1) is 0 Å². The Balaban J connectivity index is 3.13. The molecule has 1 heterocycles. The number of halogens is 3. The van der Waals surface area contributed by atoms with Crippen LogP contribution in [0.3, 0.4) is 0 Å². The maximum atomic E-state index is 12.5. The smallest absolute Gasteiger partial charge is 0.330 e. The maximum Gasteiger partial charge on any atom is 0.434 e. The zero-order chi connectivity index (χ0) is 10.8. The summed E-state index contributed by atoms with van der Waals surface area (Å²) >= 11 is 0. The van der Waals surface area contributed by atoms with Gasteiger partial charge in [-0.2, -0.15) is 13.2 Å². The molecule has 0 saturated heterocycles. The molecule has 1 aromatic rings. The fraction of sp³-hybridized carbons (Fsp3) is 0.714. The minimum atomic E-state index is -4.41. The summed E-state index contributed by atoms with van der Waals surface area (Å²) in [5.74, 6) is 0. The van der Waals surface area contributed by atoms with Crippen LogP contribution in [-0.4, -0.2) is 21.5 Å². The largest absolute Gasteiger partial charge is 0.434 e. The van der Waals surface area contributed by atoms with Gasteiger partial charge in [-0.05, 0) is 13.5 Å². The van der Waals surface area contributed by atoms with Crippen molar-refractivity contribution in [3.05, 3.63) is 11.4 Å². The molecule has 0 aromatic carbocycles. The summed E-state index contributed by atoms with van der Waals surface area (Å²) in [5.41, 5.74) is 4.31. The van der Waals surface area contributed by atoms with Gasteiger partial charge in [0.1, 0.15) is 0 Å². The first kappa shape index (κ1) is 11.0. The van der Waals surface area contributed by atoms with Gasteiger partial charge in [0.2, 0.25) is 0 Å². The molecule has 14 heavy (non-hydrogen) atoms. The summed E-state index contributed by atoms with van der Waals surface area (Å²) in [4.78, 5) is 0. The molecular weight excluding hydrogens is 197 g/mol. The second kappa shape index (κ2) is 3.95. The van der Waals surface area contributed by atoms with Crippen LogP contribution < -0.4 is 5.73 Å². The van der Waals surface area contributed by atoms with Crippen LogP contribution in [0.5, 0.6) is 0 Å². The number of alkyl halides is 3. The molecule has 0 aliphatic carbocycles. The number of hydrogen-bond donors (Lipinski definition) is 1. The SMILES string of the molecule is CCn1nnc(CCN)c1C(F)(F)F. The van der Waals surface area contributed by atoms with E-state index in [1.807, 2.05) is 0 Å². The second-order valence-electron chi connectivity index (χ2n) is 2.74. The summed E-state index contributed by atoms with van der Waals surface area (Å²) in [6.07, 6.45) is -4.32. The fourth-order valence-electron chi connectivity index (χ4n) is 1.19. The summed E-state index contributed by atoms with van der Waals surface area (Å²) in [5, 5.41) is 6.87. The van der Waals surface area contributed by atoms with Gasteiger partial charge in [-0.15, -0.1) is 5.10 Å².